The van der Waals surface area contributed by atoms with Crippen molar-refractivity contribution >= 4 is 11.7 Å². The van der Waals surface area contributed by atoms with Gasteiger partial charge in [0, 0.05) is 6.42 Å². The lowest BCUT2D eigenvalue weighted by atomic mass is 9.75. The molecule has 2 aliphatic carbocycles. The van der Waals surface area contributed by atoms with Gasteiger partial charge >= 0.3 is 0 Å². The minimum Gasteiger partial charge on any atom is -0.409 e. The first-order valence-corrected chi connectivity index (χ1v) is 7.38. The van der Waals surface area contributed by atoms with Gasteiger partial charge in [-0.2, -0.15) is 0 Å². The fourth-order valence-corrected chi connectivity index (χ4v) is 3.02. The van der Waals surface area contributed by atoms with Crippen LogP contribution in [0.1, 0.15) is 58.3 Å². The van der Waals surface area contributed by atoms with Crippen LogP contribution in [0.2, 0.25) is 0 Å². The number of nitrogens with zero attached hydrogens (tertiary/aromatic N) is 1. The summed E-state index contributed by atoms with van der Waals surface area (Å²) in [4.78, 5) is 12.0. The van der Waals surface area contributed by atoms with Crippen molar-refractivity contribution in [2.75, 3.05) is 0 Å². The molecule has 4 N–H and O–H groups in total. The molecule has 0 bridgehead atoms. The predicted octanol–water partition coefficient (Wildman–Crippen LogP) is 1.99. The number of nitrogens with one attached hydrogen (secondary N) is 1. The first-order valence-electron chi connectivity index (χ1n) is 7.38. The minimum atomic E-state index is -0.619. The molecule has 0 aromatic carbocycles. The summed E-state index contributed by atoms with van der Waals surface area (Å²) in [5.74, 6) is 1.45. The lowest BCUT2D eigenvalue weighted by molar-refractivity contribution is -0.123. The van der Waals surface area contributed by atoms with E-state index < -0.39 is 5.54 Å². The zero-order chi connectivity index (χ0) is 13.9. The molecule has 0 aromatic heterocycles. The predicted molar refractivity (Wildman–Crippen MR) is 73.9 cm³/mol. The molecule has 1 amide bonds. The molecule has 108 valence electrons. The minimum absolute atomic E-state index is 0.0454. The molecule has 0 aliphatic heterocycles. The lowest BCUT2D eigenvalue weighted by Crippen LogP contribution is -2.59. The Bertz CT molecular complexity index is 356. The van der Waals surface area contributed by atoms with Crippen molar-refractivity contribution in [3.05, 3.63) is 0 Å². The normalized spacial score (nSPS) is 32.1. The average Bonchev–Trinajstić information content (AvgIpc) is 3.22. The number of hydrogen-bond donors (Lipinski definition) is 3. The summed E-state index contributed by atoms with van der Waals surface area (Å²) >= 11 is 0. The third-order valence-corrected chi connectivity index (χ3v) is 4.68. The van der Waals surface area contributed by atoms with Gasteiger partial charge in [0.15, 0.2) is 5.84 Å². The fourth-order valence-electron chi connectivity index (χ4n) is 3.02. The van der Waals surface area contributed by atoms with E-state index in [-0.39, 0.29) is 11.7 Å². The molecular formula is C14H25N3O2. The molecule has 0 radical (unpaired) electrons. The highest BCUT2D eigenvalue weighted by Crippen LogP contribution is 2.36. The van der Waals surface area contributed by atoms with Gasteiger partial charge in [0.05, 0.1) is 0 Å². The monoisotopic (exact) mass is 267 g/mol. The number of rotatable bonds is 5. The third kappa shape index (κ3) is 3.39. The summed E-state index contributed by atoms with van der Waals surface area (Å²) in [7, 11) is 0. The molecule has 0 atom stereocenters. The maximum atomic E-state index is 12.0. The van der Waals surface area contributed by atoms with Crippen molar-refractivity contribution < 1.29 is 10.0 Å². The lowest BCUT2D eigenvalue weighted by Gasteiger charge is -2.39. The van der Waals surface area contributed by atoms with Gasteiger partial charge in [0.25, 0.3) is 0 Å². The van der Waals surface area contributed by atoms with Gasteiger partial charge in [0.2, 0.25) is 5.91 Å². The zero-order valence-electron chi connectivity index (χ0n) is 11.7. The Morgan fingerprint density at radius 2 is 1.95 bits per heavy atom. The van der Waals surface area contributed by atoms with E-state index >= 15 is 0 Å². The number of hydrogen-bond acceptors (Lipinski definition) is 3. The number of nitrogens with two attached hydrogens (primary N) is 1. The standard InChI is InChI=1S/C14H25N3O2/c1-2-10-5-7-14(8-6-10,13(15)17-19)16-12(18)9-11-3-4-11/h10-11,19H,2-9H2,1H3,(H2,15,17)(H,16,18). The van der Waals surface area contributed by atoms with Crippen molar-refractivity contribution in [1.82, 2.24) is 5.32 Å². The molecule has 0 saturated heterocycles. The number of carbonyl (C=O) groups is 1. The van der Waals surface area contributed by atoms with Crippen molar-refractivity contribution in [3.8, 4) is 0 Å². The van der Waals surface area contributed by atoms with Crippen molar-refractivity contribution in [1.29, 1.82) is 0 Å². The highest BCUT2D eigenvalue weighted by Gasteiger charge is 2.40. The van der Waals surface area contributed by atoms with Crippen LogP contribution in [0.5, 0.6) is 0 Å². The van der Waals surface area contributed by atoms with E-state index in [9.17, 15) is 4.79 Å². The van der Waals surface area contributed by atoms with E-state index in [1.54, 1.807) is 0 Å². The quantitative estimate of drug-likeness (QED) is 0.308. The Balaban J connectivity index is 2.00. The number of oxime groups is 1. The highest BCUT2D eigenvalue weighted by molar-refractivity contribution is 5.94. The molecule has 2 rings (SSSR count). The van der Waals surface area contributed by atoms with Crippen LogP contribution in [0.3, 0.4) is 0 Å². The summed E-state index contributed by atoms with van der Waals surface area (Å²) in [5.41, 5.74) is 5.23. The number of carbonyl (C=O) groups excluding carboxylic acids is 1. The molecular weight excluding hydrogens is 242 g/mol. The Labute approximate surface area is 114 Å². The summed E-state index contributed by atoms with van der Waals surface area (Å²) in [6, 6.07) is 0. The Morgan fingerprint density at radius 3 is 2.42 bits per heavy atom. The first-order chi connectivity index (χ1) is 9.09. The molecule has 2 saturated carbocycles. The van der Waals surface area contributed by atoms with E-state index in [0.717, 1.165) is 44.9 Å². The van der Waals surface area contributed by atoms with Gasteiger partial charge in [-0.15, -0.1) is 0 Å². The van der Waals surface area contributed by atoms with Gasteiger partial charge < -0.3 is 16.3 Å². The van der Waals surface area contributed by atoms with Gasteiger partial charge in [0.1, 0.15) is 5.54 Å². The molecule has 0 spiro atoms. The maximum Gasteiger partial charge on any atom is 0.221 e. The average molecular weight is 267 g/mol. The van der Waals surface area contributed by atoms with Crippen molar-refractivity contribution in [2.45, 2.75) is 63.8 Å². The molecule has 19 heavy (non-hydrogen) atoms. The molecule has 0 aromatic rings. The van der Waals surface area contributed by atoms with Crippen molar-refractivity contribution in [3.63, 3.8) is 0 Å². The Kier molecular flexibility index (Phi) is 4.32. The molecule has 2 fully saturated rings. The van der Waals surface area contributed by atoms with Crippen LogP contribution in [0, 0.1) is 11.8 Å². The van der Waals surface area contributed by atoms with E-state index in [4.69, 9.17) is 10.9 Å². The molecule has 2 aliphatic rings. The van der Waals surface area contributed by atoms with Crippen LogP contribution >= 0.6 is 0 Å². The third-order valence-electron chi connectivity index (χ3n) is 4.68. The second kappa shape index (κ2) is 5.80. The van der Waals surface area contributed by atoms with Crippen LogP contribution in [-0.4, -0.2) is 22.5 Å². The van der Waals surface area contributed by atoms with Gasteiger partial charge in [-0.25, -0.2) is 0 Å². The van der Waals surface area contributed by atoms with Crippen LogP contribution < -0.4 is 11.1 Å². The van der Waals surface area contributed by atoms with Gasteiger partial charge in [-0.1, -0.05) is 18.5 Å². The van der Waals surface area contributed by atoms with E-state index in [1.807, 2.05) is 0 Å². The van der Waals surface area contributed by atoms with Crippen LogP contribution in [-0.2, 0) is 4.79 Å². The Hall–Kier alpha value is -1.26. The Morgan fingerprint density at radius 1 is 1.32 bits per heavy atom. The highest BCUT2D eigenvalue weighted by atomic mass is 16.4. The van der Waals surface area contributed by atoms with E-state index in [0.29, 0.717) is 18.3 Å². The smallest absolute Gasteiger partial charge is 0.221 e. The number of amides is 1. The first kappa shape index (κ1) is 14.2. The van der Waals surface area contributed by atoms with E-state index in [1.165, 1.54) is 0 Å². The molecule has 0 unspecified atom stereocenters. The number of amidine groups is 1. The molecule has 5 nitrogen and oxygen atoms in total. The van der Waals surface area contributed by atoms with Crippen LogP contribution in [0.15, 0.2) is 5.16 Å². The topological polar surface area (TPSA) is 87.7 Å². The van der Waals surface area contributed by atoms with Crippen LogP contribution in [0.4, 0.5) is 0 Å². The van der Waals surface area contributed by atoms with Gasteiger partial charge in [-0.3, -0.25) is 4.79 Å². The fraction of sp³-hybridized carbons (Fsp3) is 0.857. The van der Waals surface area contributed by atoms with E-state index in [2.05, 4.69) is 17.4 Å². The summed E-state index contributed by atoms with van der Waals surface area (Å²) in [5, 5.41) is 15.2. The van der Waals surface area contributed by atoms with Crippen LogP contribution in [0.25, 0.3) is 0 Å². The molecule has 0 heterocycles. The zero-order valence-corrected chi connectivity index (χ0v) is 11.7. The summed E-state index contributed by atoms with van der Waals surface area (Å²) in [6.45, 7) is 2.19. The van der Waals surface area contributed by atoms with Gasteiger partial charge in [-0.05, 0) is 50.4 Å². The summed E-state index contributed by atoms with van der Waals surface area (Å²) < 4.78 is 0. The second-order valence-electron chi connectivity index (χ2n) is 6.11. The second-order valence-corrected chi connectivity index (χ2v) is 6.11. The van der Waals surface area contributed by atoms with Crippen molar-refractivity contribution in [2.24, 2.45) is 22.7 Å². The SMILES string of the molecule is CCC1CCC(NC(=O)CC2CC2)(C(N)=NO)CC1. The summed E-state index contributed by atoms with van der Waals surface area (Å²) in [6.07, 6.45) is 7.65. The molecule has 5 heteroatoms. The maximum absolute atomic E-state index is 12.0. The largest absolute Gasteiger partial charge is 0.409 e.